The van der Waals surface area contributed by atoms with Crippen LogP contribution in [-0.2, 0) is 9.47 Å². The predicted molar refractivity (Wildman–Crippen MR) is 94.7 cm³/mol. The molecule has 10 heteroatoms. The van der Waals surface area contributed by atoms with Gasteiger partial charge in [-0.05, 0) is 31.2 Å². The zero-order valence-electron chi connectivity index (χ0n) is 14.6. The first-order chi connectivity index (χ1) is 12.5. The van der Waals surface area contributed by atoms with Crippen molar-refractivity contribution in [3.63, 3.8) is 0 Å². The first-order valence-corrected chi connectivity index (χ1v) is 7.66. The van der Waals surface area contributed by atoms with Crippen LogP contribution in [0.3, 0.4) is 0 Å². The summed E-state index contributed by atoms with van der Waals surface area (Å²) in [6.45, 7) is 2.17. The average Bonchev–Trinajstić information content (AvgIpc) is 2.61. The van der Waals surface area contributed by atoms with Crippen LogP contribution in [0.4, 0.5) is 23.0 Å². The van der Waals surface area contributed by atoms with Crippen LogP contribution in [0, 0.1) is 10.1 Å². The molecule has 0 bridgehead atoms. The van der Waals surface area contributed by atoms with Gasteiger partial charge in [0.25, 0.3) is 0 Å². The van der Waals surface area contributed by atoms with E-state index in [1.54, 1.807) is 24.3 Å². The zero-order valence-corrected chi connectivity index (χ0v) is 14.6. The standard InChI is InChI=1S/C16H19N5O5/c1-10(8-25-2)19-14-13(21(23)24)15(18-9-17-14)20-12-6-4-11(5-7-12)16(22)26-3/h4-7,9-10H,8H2,1-3H3,(H2,17,18,19,20). The first-order valence-electron chi connectivity index (χ1n) is 7.66. The van der Waals surface area contributed by atoms with Crippen molar-refractivity contribution in [3.05, 3.63) is 46.3 Å². The fraction of sp³-hybridized carbons (Fsp3) is 0.312. The number of nitro groups is 1. The molecule has 0 saturated heterocycles. The Labute approximate surface area is 149 Å². The van der Waals surface area contributed by atoms with Gasteiger partial charge in [0, 0.05) is 18.8 Å². The molecule has 0 aliphatic carbocycles. The largest absolute Gasteiger partial charge is 0.465 e. The second kappa shape index (κ2) is 8.72. The highest BCUT2D eigenvalue weighted by Crippen LogP contribution is 2.31. The number of ether oxygens (including phenoxy) is 2. The SMILES string of the molecule is COCC(C)Nc1ncnc(Nc2ccc(C(=O)OC)cc2)c1[N+](=O)[O-]. The minimum Gasteiger partial charge on any atom is -0.465 e. The van der Waals surface area contributed by atoms with E-state index in [4.69, 9.17) is 4.74 Å². The Morgan fingerprint density at radius 3 is 2.46 bits per heavy atom. The molecular formula is C16H19N5O5. The third-order valence-electron chi connectivity index (χ3n) is 3.37. The lowest BCUT2D eigenvalue weighted by Crippen LogP contribution is -2.22. The van der Waals surface area contributed by atoms with E-state index < -0.39 is 10.9 Å². The number of esters is 1. The lowest BCUT2D eigenvalue weighted by molar-refractivity contribution is -0.383. The molecule has 0 fully saturated rings. The summed E-state index contributed by atoms with van der Waals surface area (Å²) in [5.74, 6) is -0.352. The molecule has 26 heavy (non-hydrogen) atoms. The molecular weight excluding hydrogens is 342 g/mol. The molecule has 0 amide bonds. The van der Waals surface area contributed by atoms with Gasteiger partial charge >= 0.3 is 11.7 Å². The Balaban J connectivity index is 2.28. The van der Waals surface area contributed by atoms with Gasteiger partial charge in [0.15, 0.2) is 0 Å². The Kier molecular flexibility index (Phi) is 6.39. The van der Waals surface area contributed by atoms with Crippen molar-refractivity contribution in [2.75, 3.05) is 31.5 Å². The maximum Gasteiger partial charge on any atom is 0.353 e. The second-order valence-electron chi connectivity index (χ2n) is 5.37. The van der Waals surface area contributed by atoms with Crippen molar-refractivity contribution < 1.29 is 19.2 Å². The fourth-order valence-electron chi connectivity index (χ4n) is 2.22. The summed E-state index contributed by atoms with van der Waals surface area (Å²) in [5, 5.41) is 17.3. The molecule has 0 aliphatic heterocycles. The quantitative estimate of drug-likeness (QED) is 0.413. The number of hydrogen-bond donors (Lipinski definition) is 2. The smallest absolute Gasteiger partial charge is 0.353 e. The molecule has 2 N–H and O–H groups in total. The minimum atomic E-state index is -0.562. The lowest BCUT2D eigenvalue weighted by atomic mass is 10.2. The highest BCUT2D eigenvalue weighted by molar-refractivity contribution is 5.89. The summed E-state index contributed by atoms with van der Waals surface area (Å²) >= 11 is 0. The van der Waals surface area contributed by atoms with Gasteiger partial charge in [0.2, 0.25) is 11.6 Å². The van der Waals surface area contributed by atoms with Crippen LogP contribution in [0.2, 0.25) is 0 Å². The number of benzene rings is 1. The van der Waals surface area contributed by atoms with Gasteiger partial charge in [-0.1, -0.05) is 0 Å². The van der Waals surface area contributed by atoms with Crippen molar-refractivity contribution in [1.29, 1.82) is 0 Å². The van der Waals surface area contributed by atoms with Crippen LogP contribution in [0.15, 0.2) is 30.6 Å². The number of carbonyl (C=O) groups is 1. The van der Waals surface area contributed by atoms with E-state index in [0.29, 0.717) is 17.9 Å². The van der Waals surface area contributed by atoms with Crippen LogP contribution in [0.1, 0.15) is 17.3 Å². The normalized spacial score (nSPS) is 11.5. The molecule has 10 nitrogen and oxygen atoms in total. The van der Waals surface area contributed by atoms with Gasteiger partial charge in [0.1, 0.15) is 6.33 Å². The van der Waals surface area contributed by atoms with Crippen LogP contribution in [0.25, 0.3) is 0 Å². The highest BCUT2D eigenvalue weighted by atomic mass is 16.6. The van der Waals surface area contributed by atoms with Crippen LogP contribution in [0.5, 0.6) is 0 Å². The van der Waals surface area contributed by atoms with Gasteiger partial charge < -0.3 is 20.1 Å². The molecule has 0 aliphatic rings. The molecule has 1 heterocycles. The molecule has 2 rings (SSSR count). The summed E-state index contributed by atoms with van der Waals surface area (Å²) < 4.78 is 9.64. The monoisotopic (exact) mass is 361 g/mol. The zero-order chi connectivity index (χ0) is 19.1. The van der Waals surface area contributed by atoms with Crippen LogP contribution >= 0.6 is 0 Å². The minimum absolute atomic E-state index is 0.0305. The molecule has 0 spiro atoms. The van der Waals surface area contributed by atoms with Crippen molar-refractivity contribution in [1.82, 2.24) is 9.97 Å². The van der Waals surface area contributed by atoms with E-state index in [1.165, 1.54) is 20.5 Å². The summed E-state index contributed by atoms with van der Waals surface area (Å²) in [4.78, 5) is 30.3. The third kappa shape index (κ3) is 4.63. The number of rotatable bonds is 8. The van der Waals surface area contributed by atoms with Gasteiger partial charge in [-0.3, -0.25) is 10.1 Å². The van der Waals surface area contributed by atoms with E-state index in [9.17, 15) is 14.9 Å². The van der Waals surface area contributed by atoms with Crippen LogP contribution in [-0.4, -0.2) is 47.7 Å². The molecule has 1 atom stereocenters. The molecule has 138 valence electrons. The van der Waals surface area contributed by atoms with Crippen molar-refractivity contribution in [2.24, 2.45) is 0 Å². The number of hydrogen-bond acceptors (Lipinski definition) is 9. The molecule has 1 aromatic carbocycles. The first kappa shape index (κ1) is 19.1. The summed E-state index contributed by atoms with van der Waals surface area (Å²) in [6, 6.07) is 6.10. The fourth-order valence-corrected chi connectivity index (χ4v) is 2.22. The van der Waals surface area contributed by atoms with E-state index in [1.807, 2.05) is 6.92 Å². The lowest BCUT2D eigenvalue weighted by Gasteiger charge is -2.14. The van der Waals surface area contributed by atoms with E-state index >= 15 is 0 Å². The van der Waals surface area contributed by atoms with E-state index in [2.05, 4.69) is 25.3 Å². The maximum atomic E-state index is 11.5. The van der Waals surface area contributed by atoms with Crippen LogP contribution < -0.4 is 10.6 Å². The Morgan fingerprint density at radius 1 is 1.23 bits per heavy atom. The van der Waals surface area contributed by atoms with E-state index in [-0.39, 0.29) is 23.4 Å². The molecule has 2 aromatic rings. The van der Waals surface area contributed by atoms with Gasteiger partial charge in [-0.15, -0.1) is 0 Å². The maximum absolute atomic E-state index is 11.5. The highest BCUT2D eigenvalue weighted by Gasteiger charge is 2.24. The number of methoxy groups -OCH3 is 2. The van der Waals surface area contributed by atoms with Crippen molar-refractivity contribution in [3.8, 4) is 0 Å². The predicted octanol–water partition coefficient (Wildman–Crippen LogP) is 2.36. The number of nitrogens with zero attached hydrogens (tertiary/aromatic N) is 3. The Morgan fingerprint density at radius 2 is 1.88 bits per heavy atom. The summed E-state index contributed by atoms with van der Waals surface area (Å²) in [5.41, 5.74) is 0.605. The van der Waals surface area contributed by atoms with Gasteiger partial charge in [-0.25, -0.2) is 14.8 Å². The van der Waals surface area contributed by atoms with Gasteiger partial charge in [0.05, 0.1) is 24.2 Å². The number of nitrogens with one attached hydrogen (secondary N) is 2. The van der Waals surface area contributed by atoms with Gasteiger partial charge in [-0.2, -0.15) is 0 Å². The molecule has 0 saturated carbocycles. The average molecular weight is 361 g/mol. The summed E-state index contributed by atoms with van der Waals surface area (Å²) in [7, 11) is 2.83. The Hall–Kier alpha value is -3.27. The molecule has 1 unspecified atom stereocenters. The number of carbonyl (C=O) groups excluding carboxylic acids is 1. The Bertz CT molecular complexity index is 781. The number of aromatic nitrogens is 2. The summed E-state index contributed by atoms with van der Waals surface area (Å²) in [6.07, 6.45) is 1.22. The third-order valence-corrected chi connectivity index (χ3v) is 3.37. The second-order valence-corrected chi connectivity index (χ2v) is 5.37. The van der Waals surface area contributed by atoms with Crippen molar-refractivity contribution in [2.45, 2.75) is 13.0 Å². The topological polar surface area (TPSA) is 129 Å². The number of anilines is 3. The molecule has 0 radical (unpaired) electrons. The van der Waals surface area contributed by atoms with Crippen molar-refractivity contribution >= 4 is 29.0 Å². The van der Waals surface area contributed by atoms with E-state index in [0.717, 1.165) is 0 Å². The molecule has 1 aromatic heterocycles.